The van der Waals surface area contributed by atoms with Crippen LogP contribution < -0.4 is 5.32 Å². The maximum Gasteiger partial charge on any atom is 0.234 e. The number of nitrogens with zero attached hydrogens (tertiary/aromatic N) is 4. The Morgan fingerprint density at radius 2 is 2.24 bits per heavy atom. The van der Waals surface area contributed by atoms with Crippen molar-refractivity contribution in [2.75, 3.05) is 19.6 Å². The van der Waals surface area contributed by atoms with Gasteiger partial charge in [0.25, 0.3) is 0 Å². The molecule has 2 fully saturated rings. The number of pyridine rings is 1. The minimum Gasteiger partial charge on any atom is -0.351 e. The highest BCUT2D eigenvalue weighted by Gasteiger charge is 2.32. The molecule has 1 aliphatic heterocycles. The lowest BCUT2D eigenvalue weighted by molar-refractivity contribution is -0.122. The fraction of sp³-hybridized carbons (Fsp3) is 0.556. The second-order valence-corrected chi connectivity index (χ2v) is 6.98. The molecule has 1 amide bonds. The molecule has 1 saturated heterocycles. The van der Waals surface area contributed by atoms with Crippen LogP contribution in [0, 0.1) is 0 Å². The summed E-state index contributed by atoms with van der Waals surface area (Å²) in [5.41, 5.74) is 1.01. The predicted molar refractivity (Wildman–Crippen MR) is 90.8 cm³/mol. The van der Waals surface area contributed by atoms with E-state index in [2.05, 4.69) is 25.3 Å². The van der Waals surface area contributed by atoms with E-state index in [4.69, 9.17) is 4.52 Å². The number of piperidine rings is 1. The molecule has 0 spiro atoms. The third-order valence-corrected chi connectivity index (χ3v) is 4.83. The molecule has 1 atom stereocenters. The minimum absolute atomic E-state index is 0.0382. The molecule has 2 aromatic rings. The summed E-state index contributed by atoms with van der Waals surface area (Å²) < 4.78 is 5.38. The number of carbonyl (C=O) groups is 1. The van der Waals surface area contributed by atoms with Crippen LogP contribution in [0.3, 0.4) is 0 Å². The molecule has 0 aromatic carbocycles. The van der Waals surface area contributed by atoms with Crippen molar-refractivity contribution in [3.63, 3.8) is 0 Å². The van der Waals surface area contributed by atoms with E-state index in [-0.39, 0.29) is 11.8 Å². The molecule has 0 bridgehead atoms. The number of nitrogens with one attached hydrogen (secondary N) is 1. The molecule has 1 N–H and O–H groups in total. The highest BCUT2D eigenvalue weighted by atomic mass is 16.5. The first-order valence-electron chi connectivity index (χ1n) is 8.99. The molecule has 0 radical (unpaired) electrons. The minimum atomic E-state index is 0.0382. The van der Waals surface area contributed by atoms with Crippen LogP contribution >= 0.6 is 0 Å². The zero-order valence-electron chi connectivity index (χ0n) is 14.2. The predicted octanol–water partition coefficient (Wildman–Crippen LogP) is 1.84. The summed E-state index contributed by atoms with van der Waals surface area (Å²) in [6.45, 7) is 2.66. The smallest absolute Gasteiger partial charge is 0.234 e. The third kappa shape index (κ3) is 4.22. The van der Waals surface area contributed by atoms with Gasteiger partial charge in [0.1, 0.15) is 0 Å². The number of aromatic nitrogens is 3. The van der Waals surface area contributed by atoms with Crippen LogP contribution in [0.2, 0.25) is 0 Å². The Balaban J connectivity index is 1.27. The Bertz CT molecular complexity index is 713. The first-order valence-corrected chi connectivity index (χ1v) is 8.99. The van der Waals surface area contributed by atoms with Gasteiger partial charge in [-0.15, -0.1) is 0 Å². The second kappa shape index (κ2) is 7.31. The van der Waals surface area contributed by atoms with Gasteiger partial charge in [0.05, 0.1) is 6.54 Å². The molecule has 1 aliphatic carbocycles. The average Bonchev–Trinajstić information content (AvgIpc) is 3.38. The fourth-order valence-corrected chi connectivity index (χ4v) is 3.28. The second-order valence-electron chi connectivity index (χ2n) is 6.98. The van der Waals surface area contributed by atoms with Crippen LogP contribution in [0.4, 0.5) is 0 Å². The van der Waals surface area contributed by atoms with E-state index in [0.717, 1.165) is 56.1 Å². The first kappa shape index (κ1) is 16.2. The van der Waals surface area contributed by atoms with Crippen LogP contribution in [-0.2, 0) is 11.3 Å². The van der Waals surface area contributed by atoms with Gasteiger partial charge in [-0.3, -0.25) is 14.7 Å². The summed E-state index contributed by atoms with van der Waals surface area (Å²) in [5, 5.41) is 7.13. The molecule has 1 unspecified atom stereocenters. The standard InChI is InChI=1S/C18H23N5O2/c24-16(20-10-13-3-1-7-19-9-13)12-23-8-2-4-15(11-23)17-21-18(25-22-17)14-5-6-14/h1,3,7,9,14-15H,2,4-6,8,10-12H2,(H,20,24). The number of amides is 1. The van der Waals surface area contributed by atoms with Crippen LogP contribution in [0.15, 0.2) is 29.0 Å². The molecule has 4 rings (SSSR count). The van der Waals surface area contributed by atoms with Crippen molar-refractivity contribution in [3.8, 4) is 0 Å². The fourth-order valence-electron chi connectivity index (χ4n) is 3.28. The van der Waals surface area contributed by atoms with E-state index >= 15 is 0 Å². The largest absolute Gasteiger partial charge is 0.351 e. The molecule has 3 heterocycles. The monoisotopic (exact) mass is 341 g/mol. The molecular formula is C18H23N5O2. The molecule has 7 nitrogen and oxygen atoms in total. The van der Waals surface area contributed by atoms with Crippen molar-refractivity contribution in [1.29, 1.82) is 0 Å². The molecular weight excluding hydrogens is 318 g/mol. The van der Waals surface area contributed by atoms with Crippen molar-refractivity contribution in [2.24, 2.45) is 0 Å². The molecule has 1 saturated carbocycles. The van der Waals surface area contributed by atoms with Crippen molar-refractivity contribution >= 4 is 5.91 Å². The number of carbonyl (C=O) groups excluding carboxylic acids is 1. The summed E-state index contributed by atoms with van der Waals surface area (Å²) >= 11 is 0. The maximum absolute atomic E-state index is 12.2. The van der Waals surface area contributed by atoms with E-state index in [1.54, 1.807) is 12.4 Å². The van der Waals surface area contributed by atoms with Crippen molar-refractivity contribution < 1.29 is 9.32 Å². The van der Waals surface area contributed by atoms with E-state index in [9.17, 15) is 4.79 Å². The quantitative estimate of drug-likeness (QED) is 0.863. The van der Waals surface area contributed by atoms with Crippen molar-refractivity contribution in [3.05, 3.63) is 41.8 Å². The third-order valence-electron chi connectivity index (χ3n) is 4.83. The normalized spacial score (nSPS) is 21.2. The molecule has 2 aliphatic rings. The van der Waals surface area contributed by atoms with Gasteiger partial charge in [0.2, 0.25) is 11.8 Å². The number of rotatable bonds is 6. The lowest BCUT2D eigenvalue weighted by Crippen LogP contribution is -2.42. The van der Waals surface area contributed by atoms with Crippen molar-refractivity contribution in [2.45, 2.75) is 44.1 Å². The Morgan fingerprint density at radius 3 is 3.04 bits per heavy atom. The van der Waals surface area contributed by atoms with Gasteiger partial charge >= 0.3 is 0 Å². The Hall–Kier alpha value is -2.28. The van der Waals surface area contributed by atoms with E-state index in [0.29, 0.717) is 19.0 Å². The number of likely N-dealkylation sites (tertiary alicyclic amines) is 1. The van der Waals surface area contributed by atoms with Gasteiger partial charge in [-0.1, -0.05) is 11.2 Å². The molecule has 132 valence electrons. The Kier molecular flexibility index (Phi) is 4.74. The summed E-state index contributed by atoms with van der Waals surface area (Å²) in [6.07, 6.45) is 7.92. The van der Waals surface area contributed by atoms with Gasteiger partial charge in [-0.05, 0) is 43.9 Å². The number of hydrogen-bond donors (Lipinski definition) is 1. The summed E-state index contributed by atoms with van der Waals surface area (Å²) in [7, 11) is 0. The van der Waals surface area contributed by atoms with Crippen LogP contribution in [-0.4, -0.2) is 45.6 Å². The summed E-state index contributed by atoms with van der Waals surface area (Å²) in [5.74, 6) is 2.38. The van der Waals surface area contributed by atoms with Crippen molar-refractivity contribution in [1.82, 2.24) is 25.3 Å². The topological polar surface area (TPSA) is 84.2 Å². The Labute approximate surface area is 146 Å². The first-order chi connectivity index (χ1) is 12.3. The van der Waals surface area contributed by atoms with Gasteiger partial charge in [-0.2, -0.15) is 4.98 Å². The average molecular weight is 341 g/mol. The van der Waals surface area contributed by atoms with Gasteiger partial charge in [0, 0.05) is 37.3 Å². The summed E-state index contributed by atoms with van der Waals surface area (Å²) in [4.78, 5) is 23.0. The zero-order chi connectivity index (χ0) is 17.1. The highest BCUT2D eigenvalue weighted by Crippen LogP contribution is 2.39. The SMILES string of the molecule is O=C(CN1CCCC(c2noc(C3CC3)n2)C1)NCc1cccnc1. The molecule has 25 heavy (non-hydrogen) atoms. The van der Waals surface area contributed by atoms with E-state index in [1.165, 1.54) is 0 Å². The maximum atomic E-state index is 12.2. The van der Waals surface area contributed by atoms with Crippen LogP contribution in [0.5, 0.6) is 0 Å². The van der Waals surface area contributed by atoms with E-state index in [1.807, 2.05) is 12.1 Å². The van der Waals surface area contributed by atoms with Crippen LogP contribution in [0.25, 0.3) is 0 Å². The lowest BCUT2D eigenvalue weighted by Gasteiger charge is -2.30. The van der Waals surface area contributed by atoms with Crippen LogP contribution in [0.1, 0.15) is 54.8 Å². The highest BCUT2D eigenvalue weighted by molar-refractivity contribution is 5.78. The van der Waals surface area contributed by atoms with Gasteiger partial charge in [0.15, 0.2) is 5.82 Å². The Morgan fingerprint density at radius 1 is 1.32 bits per heavy atom. The number of hydrogen-bond acceptors (Lipinski definition) is 6. The lowest BCUT2D eigenvalue weighted by atomic mass is 9.97. The molecule has 7 heteroatoms. The van der Waals surface area contributed by atoms with Gasteiger partial charge < -0.3 is 9.84 Å². The summed E-state index contributed by atoms with van der Waals surface area (Å²) in [6, 6.07) is 3.83. The zero-order valence-corrected chi connectivity index (χ0v) is 14.2. The molecule has 2 aromatic heterocycles. The van der Waals surface area contributed by atoms with Gasteiger partial charge in [-0.25, -0.2) is 0 Å². The van der Waals surface area contributed by atoms with E-state index < -0.39 is 0 Å².